The zero-order chi connectivity index (χ0) is 12.7. The number of hydrogen-bond donors (Lipinski definition) is 1. The fraction of sp³-hybridized carbons (Fsp3) is 0.500. The van der Waals surface area contributed by atoms with Gasteiger partial charge in [-0.2, -0.15) is 0 Å². The lowest BCUT2D eigenvalue weighted by Crippen LogP contribution is -2.39. The van der Waals surface area contributed by atoms with Crippen LogP contribution in [0.5, 0.6) is 0 Å². The summed E-state index contributed by atoms with van der Waals surface area (Å²) in [6.45, 7) is 2.75. The predicted molar refractivity (Wildman–Crippen MR) is 73.1 cm³/mol. The quantitative estimate of drug-likeness (QED) is 0.910. The van der Waals surface area contributed by atoms with Crippen LogP contribution in [0.3, 0.4) is 0 Å². The maximum Gasteiger partial charge on any atom is 0.244 e. The molecule has 1 amide bonds. The molecule has 1 saturated heterocycles. The topological polar surface area (TPSA) is 32.3 Å². The van der Waals surface area contributed by atoms with Crippen molar-refractivity contribution in [2.75, 3.05) is 11.4 Å². The molecule has 3 nitrogen and oxygen atoms in total. The fourth-order valence-electron chi connectivity index (χ4n) is 2.38. The molecule has 96 valence electrons. The first-order valence-corrected chi connectivity index (χ1v) is 6.86. The minimum absolute atomic E-state index is 0.00224. The Hall–Kier alpha value is -1.06. The molecule has 1 N–H and O–H groups in total. The third-order valence-electron chi connectivity index (χ3n) is 3.69. The summed E-state index contributed by atoms with van der Waals surface area (Å²) >= 11 is 6.12. The Bertz CT molecular complexity index is 485. The second kappa shape index (κ2) is 4.56. The summed E-state index contributed by atoms with van der Waals surface area (Å²) in [5.74, 6) is 0.182. The van der Waals surface area contributed by atoms with Crippen molar-refractivity contribution >= 4 is 23.2 Å². The van der Waals surface area contributed by atoms with Gasteiger partial charge in [-0.3, -0.25) is 4.79 Å². The molecule has 18 heavy (non-hydrogen) atoms. The van der Waals surface area contributed by atoms with E-state index in [1.807, 2.05) is 30.0 Å². The summed E-state index contributed by atoms with van der Waals surface area (Å²) in [7, 11) is 0. The van der Waals surface area contributed by atoms with E-state index in [0.717, 1.165) is 29.2 Å². The summed E-state index contributed by atoms with van der Waals surface area (Å²) in [6.07, 6.45) is 3.31. The average Bonchev–Trinajstić information content (AvgIpc) is 3.09. The van der Waals surface area contributed by atoms with Crippen molar-refractivity contribution in [2.45, 2.75) is 38.3 Å². The van der Waals surface area contributed by atoms with Crippen molar-refractivity contribution in [3.8, 4) is 0 Å². The molecule has 0 radical (unpaired) electrons. The zero-order valence-electron chi connectivity index (χ0n) is 10.4. The molecule has 1 saturated carbocycles. The van der Waals surface area contributed by atoms with Crippen molar-refractivity contribution < 1.29 is 4.79 Å². The van der Waals surface area contributed by atoms with Crippen LogP contribution in [0.25, 0.3) is 0 Å². The smallest absolute Gasteiger partial charge is 0.244 e. The minimum Gasteiger partial charge on any atom is -0.311 e. The van der Waals surface area contributed by atoms with E-state index in [1.54, 1.807) is 0 Å². The predicted octanol–water partition coefficient (Wildman–Crippen LogP) is 2.51. The maximum atomic E-state index is 12.3. The monoisotopic (exact) mass is 264 g/mol. The molecule has 1 aromatic carbocycles. The molecule has 0 aromatic heterocycles. The van der Waals surface area contributed by atoms with E-state index in [-0.39, 0.29) is 11.9 Å². The molecule has 2 aliphatic rings. The van der Waals surface area contributed by atoms with Gasteiger partial charge in [-0.15, -0.1) is 0 Å². The highest BCUT2D eigenvalue weighted by atomic mass is 35.5. The number of carbonyl (C=O) groups is 1. The molecule has 1 unspecified atom stereocenters. The van der Waals surface area contributed by atoms with Crippen LogP contribution in [0.2, 0.25) is 5.02 Å². The van der Waals surface area contributed by atoms with Gasteiger partial charge in [0.1, 0.15) is 0 Å². The first kappa shape index (κ1) is 12.0. The van der Waals surface area contributed by atoms with E-state index in [2.05, 4.69) is 5.32 Å². The molecule has 1 atom stereocenters. The van der Waals surface area contributed by atoms with Gasteiger partial charge in [0.25, 0.3) is 0 Å². The second-order valence-electron chi connectivity index (χ2n) is 5.21. The maximum absolute atomic E-state index is 12.3. The van der Waals surface area contributed by atoms with Gasteiger partial charge in [-0.25, -0.2) is 0 Å². The van der Waals surface area contributed by atoms with Crippen molar-refractivity contribution in [1.29, 1.82) is 0 Å². The Balaban J connectivity index is 1.76. The molecule has 1 heterocycles. The Kier molecular flexibility index (Phi) is 3.04. The highest BCUT2D eigenvalue weighted by Crippen LogP contribution is 2.28. The minimum atomic E-state index is -0.00224. The van der Waals surface area contributed by atoms with Crippen LogP contribution in [-0.2, 0) is 4.79 Å². The Labute approximate surface area is 112 Å². The largest absolute Gasteiger partial charge is 0.311 e. The molecule has 2 fully saturated rings. The SMILES string of the molecule is Cc1ccc(N2CCC(NC3CC3)C2=O)cc1Cl. The van der Waals surface area contributed by atoms with E-state index in [9.17, 15) is 4.79 Å². The van der Waals surface area contributed by atoms with E-state index in [0.29, 0.717) is 6.04 Å². The van der Waals surface area contributed by atoms with Crippen LogP contribution in [0.15, 0.2) is 18.2 Å². The highest BCUT2D eigenvalue weighted by Gasteiger charge is 2.36. The van der Waals surface area contributed by atoms with Crippen molar-refractivity contribution in [3.05, 3.63) is 28.8 Å². The molecule has 1 aliphatic carbocycles. The summed E-state index contributed by atoms with van der Waals surface area (Å²) in [4.78, 5) is 14.1. The molecule has 0 bridgehead atoms. The van der Waals surface area contributed by atoms with Crippen LogP contribution in [0.4, 0.5) is 5.69 Å². The summed E-state index contributed by atoms with van der Waals surface area (Å²) in [5.41, 5.74) is 1.95. The van der Waals surface area contributed by atoms with Gasteiger partial charge >= 0.3 is 0 Å². The number of amides is 1. The number of aryl methyl sites for hydroxylation is 1. The summed E-state index contributed by atoms with van der Waals surface area (Å²) < 4.78 is 0. The lowest BCUT2D eigenvalue weighted by Gasteiger charge is -2.18. The number of benzene rings is 1. The Morgan fingerprint density at radius 2 is 2.11 bits per heavy atom. The second-order valence-corrected chi connectivity index (χ2v) is 5.61. The van der Waals surface area contributed by atoms with Crippen LogP contribution in [0.1, 0.15) is 24.8 Å². The van der Waals surface area contributed by atoms with Crippen LogP contribution in [-0.4, -0.2) is 24.5 Å². The number of anilines is 1. The molecular weight excluding hydrogens is 248 g/mol. The van der Waals surface area contributed by atoms with Gasteiger partial charge in [-0.1, -0.05) is 17.7 Å². The van der Waals surface area contributed by atoms with Gasteiger partial charge in [0.2, 0.25) is 5.91 Å². The molecule has 4 heteroatoms. The van der Waals surface area contributed by atoms with Crippen LogP contribution >= 0.6 is 11.6 Å². The third kappa shape index (κ3) is 2.25. The highest BCUT2D eigenvalue weighted by molar-refractivity contribution is 6.31. The van der Waals surface area contributed by atoms with Crippen molar-refractivity contribution in [2.24, 2.45) is 0 Å². The molecular formula is C14H17ClN2O. The Morgan fingerprint density at radius 1 is 1.33 bits per heavy atom. The number of nitrogens with zero attached hydrogens (tertiary/aromatic N) is 1. The first-order chi connectivity index (χ1) is 8.65. The van der Waals surface area contributed by atoms with Gasteiger partial charge in [0.05, 0.1) is 6.04 Å². The summed E-state index contributed by atoms with van der Waals surface area (Å²) in [6, 6.07) is 6.39. The molecule has 0 spiro atoms. The Morgan fingerprint density at radius 3 is 2.78 bits per heavy atom. The van der Waals surface area contributed by atoms with Crippen molar-refractivity contribution in [1.82, 2.24) is 5.32 Å². The fourth-order valence-corrected chi connectivity index (χ4v) is 2.55. The number of rotatable bonds is 3. The lowest BCUT2D eigenvalue weighted by atomic mass is 10.2. The number of nitrogens with one attached hydrogen (secondary N) is 1. The average molecular weight is 265 g/mol. The molecule has 3 rings (SSSR count). The van der Waals surface area contributed by atoms with Gasteiger partial charge in [0.15, 0.2) is 0 Å². The van der Waals surface area contributed by atoms with E-state index in [1.165, 1.54) is 12.8 Å². The van der Waals surface area contributed by atoms with E-state index >= 15 is 0 Å². The van der Waals surface area contributed by atoms with Crippen LogP contribution in [0, 0.1) is 6.92 Å². The van der Waals surface area contributed by atoms with E-state index < -0.39 is 0 Å². The van der Waals surface area contributed by atoms with Gasteiger partial charge < -0.3 is 10.2 Å². The number of hydrogen-bond acceptors (Lipinski definition) is 2. The summed E-state index contributed by atoms with van der Waals surface area (Å²) in [5, 5.41) is 4.13. The normalized spacial score (nSPS) is 23.8. The standard InChI is InChI=1S/C14H17ClN2O/c1-9-2-5-11(8-12(9)15)17-7-6-13(14(17)18)16-10-3-4-10/h2,5,8,10,13,16H,3-4,6-7H2,1H3. The van der Waals surface area contributed by atoms with Crippen LogP contribution < -0.4 is 10.2 Å². The van der Waals surface area contributed by atoms with Gasteiger partial charge in [-0.05, 0) is 43.9 Å². The van der Waals surface area contributed by atoms with Gasteiger partial charge in [0, 0.05) is 23.3 Å². The zero-order valence-corrected chi connectivity index (χ0v) is 11.2. The third-order valence-corrected chi connectivity index (χ3v) is 4.09. The first-order valence-electron chi connectivity index (χ1n) is 6.49. The van der Waals surface area contributed by atoms with Crippen molar-refractivity contribution in [3.63, 3.8) is 0 Å². The molecule has 1 aromatic rings. The number of halogens is 1. The van der Waals surface area contributed by atoms with E-state index in [4.69, 9.17) is 11.6 Å². The number of carbonyl (C=O) groups excluding carboxylic acids is 1. The molecule has 1 aliphatic heterocycles. The lowest BCUT2D eigenvalue weighted by molar-refractivity contribution is -0.118.